The van der Waals surface area contributed by atoms with Crippen LogP contribution in [0.1, 0.15) is 18.4 Å². The first kappa shape index (κ1) is 19.0. The molecule has 4 rings (SSSR count). The molecule has 0 saturated carbocycles. The number of thiazole rings is 1. The van der Waals surface area contributed by atoms with Gasteiger partial charge in [0.1, 0.15) is 0 Å². The summed E-state index contributed by atoms with van der Waals surface area (Å²) >= 11 is 3.16. The van der Waals surface area contributed by atoms with Crippen LogP contribution in [0.2, 0.25) is 0 Å². The van der Waals surface area contributed by atoms with Crippen LogP contribution >= 0.6 is 23.1 Å². The molecule has 0 saturated heterocycles. The summed E-state index contributed by atoms with van der Waals surface area (Å²) < 4.78 is 7.29. The van der Waals surface area contributed by atoms with Gasteiger partial charge in [-0.15, -0.1) is 11.3 Å². The molecule has 0 radical (unpaired) electrons. The van der Waals surface area contributed by atoms with Crippen LogP contribution in [-0.2, 0) is 20.7 Å². The van der Waals surface area contributed by atoms with E-state index in [-0.39, 0.29) is 24.9 Å². The molecule has 0 spiro atoms. The third kappa shape index (κ3) is 4.36. The predicted molar refractivity (Wildman–Crippen MR) is 113 cm³/mol. The van der Waals surface area contributed by atoms with Crippen molar-refractivity contribution in [1.82, 2.24) is 4.98 Å². The summed E-state index contributed by atoms with van der Waals surface area (Å²) in [5.74, 6) is 0.0610. The van der Waals surface area contributed by atoms with Crippen LogP contribution in [0.15, 0.2) is 52.9 Å². The minimum Gasteiger partial charge on any atom is -0.456 e. The van der Waals surface area contributed by atoms with Gasteiger partial charge in [0.25, 0.3) is 5.91 Å². The van der Waals surface area contributed by atoms with Gasteiger partial charge in [0.15, 0.2) is 10.9 Å². The molecule has 0 bridgehead atoms. The number of anilines is 1. The number of hydrogen-bond donors (Lipinski definition) is 0. The Labute approximate surface area is 171 Å². The molecule has 1 aliphatic heterocycles. The Hall–Kier alpha value is -2.38. The lowest BCUT2D eigenvalue weighted by molar-refractivity contribution is -0.147. The van der Waals surface area contributed by atoms with Crippen LogP contribution in [0.5, 0.6) is 0 Å². The number of benzene rings is 2. The average Bonchev–Trinajstić information content (AvgIpc) is 3.14. The molecule has 3 aromatic rings. The largest absolute Gasteiger partial charge is 0.456 e. The van der Waals surface area contributed by atoms with Crippen molar-refractivity contribution < 1.29 is 14.3 Å². The first-order chi connectivity index (χ1) is 13.7. The Morgan fingerprint density at radius 3 is 2.86 bits per heavy atom. The second kappa shape index (κ2) is 8.75. The first-order valence-corrected chi connectivity index (χ1v) is 11.0. The monoisotopic (exact) mass is 412 g/mol. The zero-order chi connectivity index (χ0) is 19.3. The number of carbonyl (C=O) groups is 2. The lowest BCUT2D eigenvalue weighted by Crippen LogP contribution is -2.38. The number of carbonyl (C=O) groups excluding carboxylic acids is 2. The topological polar surface area (TPSA) is 59.5 Å². The first-order valence-electron chi connectivity index (χ1n) is 9.23. The van der Waals surface area contributed by atoms with Gasteiger partial charge in [0, 0.05) is 18.0 Å². The fourth-order valence-corrected chi connectivity index (χ4v) is 5.28. The molecule has 1 aromatic heterocycles. The summed E-state index contributed by atoms with van der Waals surface area (Å²) in [7, 11) is 0. The Morgan fingerprint density at radius 2 is 1.96 bits per heavy atom. The molecule has 0 aliphatic carbocycles. The molecule has 0 N–H and O–H groups in total. The molecule has 28 heavy (non-hydrogen) atoms. The lowest BCUT2D eigenvalue weighted by atomic mass is 10.0. The van der Waals surface area contributed by atoms with Crippen LogP contribution in [-0.4, -0.2) is 35.8 Å². The van der Waals surface area contributed by atoms with Crippen molar-refractivity contribution >= 4 is 50.9 Å². The van der Waals surface area contributed by atoms with Crippen molar-refractivity contribution in [3.63, 3.8) is 0 Å². The van der Waals surface area contributed by atoms with Crippen LogP contribution < -0.4 is 4.90 Å². The van der Waals surface area contributed by atoms with Gasteiger partial charge >= 0.3 is 5.97 Å². The van der Waals surface area contributed by atoms with Crippen LogP contribution in [0, 0.1) is 0 Å². The zero-order valence-corrected chi connectivity index (χ0v) is 16.9. The highest BCUT2D eigenvalue weighted by molar-refractivity contribution is 8.01. The van der Waals surface area contributed by atoms with E-state index in [4.69, 9.17) is 4.74 Å². The third-order valence-electron chi connectivity index (χ3n) is 4.57. The molecule has 0 atom stereocenters. The van der Waals surface area contributed by atoms with E-state index in [0.717, 1.165) is 33.1 Å². The number of fused-ring (bicyclic) bond motifs is 2. The number of aryl methyl sites for hydroxylation is 1. The number of para-hydroxylation sites is 2. The summed E-state index contributed by atoms with van der Waals surface area (Å²) in [5.41, 5.74) is 3.08. The number of thioether (sulfide) groups is 1. The Kier molecular flexibility index (Phi) is 5.92. The van der Waals surface area contributed by atoms with Gasteiger partial charge < -0.3 is 9.64 Å². The predicted octanol–water partition coefficient (Wildman–Crippen LogP) is 4.30. The Morgan fingerprint density at radius 1 is 1.14 bits per heavy atom. The van der Waals surface area contributed by atoms with Crippen molar-refractivity contribution in [3.05, 3.63) is 54.1 Å². The Balaban J connectivity index is 1.24. The van der Waals surface area contributed by atoms with Crippen LogP contribution in [0.4, 0.5) is 5.69 Å². The summed E-state index contributed by atoms with van der Waals surface area (Å²) in [4.78, 5) is 30.8. The highest BCUT2D eigenvalue weighted by Gasteiger charge is 2.23. The van der Waals surface area contributed by atoms with Gasteiger partial charge in [-0.3, -0.25) is 9.59 Å². The molecule has 0 unspecified atom stereocenters. The third-order valence-corrected chi connectivity index (χ3v) is 6.75. The zero-order valence-electron chi connectivity index (χ0n) is 15.3. The molecular weight excluding hydrogens is 392 g/mol. The number of ether oxygens (including phenoxy) is 1. The van der Waals surface area contributed by atoms with E-state index in [9.17, 15) is 9.59 Å². The van der Waals surface area contributed by atoms with Crippen molar-refractivity contribution in [2.75, 3.05) is 23.8 Å². The molecule has 7 heteroatoms. The number of nitrogens with zero attached hydrogens (tertiary/aromatic N) is 2. The molecule has 144 valence electrons. The summed E-state index contributed by atoms with van der Waals surface area (Å²) in [6.07, 6.45) is 2.16. The lowest BCUT2D eigenvalue weighted by Gasteiger charge is -2.29. The highest BCUT2D eigenvalue weighted by atomic mass is 32.2. The van der Waals surface area contributed by atoms with Gasteiger partial charge in [0.05, 0.1) is 16.6 Å². The second-order valence-corrected chi connectivity index (χ2v) is 8.86. The number of hydrogen-bond acceptors (Lipinski definition) is 6. The van der Waals surface area contributed by atoms with Crippen molar-refractivity contribution in [3.8, 4) is 0 Å². The van der Waals surface area contributed by atoms with Gasteiger partial charge in [0.2, 0.25) is 0 Å². The highest BCUT2D eigenvalue weighted by Crippen LogP contribution is 2.30. The maximum absolute atomic E-state index is 12.5. The molecule has 1 amide bonds. The number of esters is 1. The van der Waals surface area contributed by atoms with E-state index in [1.165, 1.54) is 17.3 Å². The van der Waals surface area contributed by atoms with Gasteiger partial charge in [-0.2, -0.15) is 0 Å². The molecule has 1 aliphatic rings. The van der Waals surface area contributed by atoms with Crippen molar-refractivity contribution in [2.45, 2.75) is 23.6 Å². The van der Waals surface area contributed by atoms with Gasteiger partial charge in [-0.1, -0.05) is 42.1 Å². The molecule has 5 nitrogen and oxygen atoms in total. The van der Waals surface area contributed by atoms with Crippen LogP contribution in [0.25, 0.3) is 10.2 Å². The maximum Gasteiger partial charge on any atom is 0.307 e. The van der Waals surface area contributed by atoms with E-state index in [1.807, 2.05) is 48.5 Å². The fraction of sp³-hybridized carbons (Fsp3) is 0.286. The fourth-order valence-electron chi connectivity index (χ4n) is 3.22. The summed E-state index contributed by atoms with van der Waals surface area (Å²) in [5, 5.41) is 0. The molecule has 2 heterocycles. The normalized spacial score (nSPS) is 13.4. The molecule has 2 aromatic carbocycles. The second-order valence-electron chi connectivity index (χ2n) is 6.48. The van der Waals surface area contributed by atoms with Crippen molar-refractivity contribution in [1.29, 1.82) is 0 Å². The minimum absolute atomic E-state index is 0.167. The smallest absolute Gasteiger partial charge is 0.307 e. The number of aromatic nitrogens is 1. The van der Waals surface area contributed by atoms with Crippen LogP contribution in [0.3, 0.4) is 0 Å². The summed E-state index contributed by atoms with van der Waals surface area (Å²) in [6.45, 7) is 0.458. The SMILES string of the molecule is O=C(CCSc1nc2ccccc2s1)OCC(=O)N1CCCc2ccccc21. The molecule has 0 fully saturated rings. The number of rotatable bonds is 6. The quantitative estimate of drug-likeness (QED) is 0.446. The average molecular weight is 413 g/mol. The van der Waals surface area contributed by atoms with E-state index in [0.29, 0.717) is 12.3 Å². The standard InChI is InChI=1S/C21H20N2O3S2/c24-19(23-12-5-7-15-6-1-3-9-17(15)23)14-26-20(25)11-13-27-21-22-16-8-2-4-10-18(16)28-21/h1-4,6,8-10H,5,7,11-14H2. The van der Waals surface area contributed by atoms with E-state index in [1.54, 1.807) is 16.2 Å². The van der Waals surface area contributed by atoms with E-state index < -0.39 is 0 Å². The van der Waals surface area contributed by atoms with Gasteiger partial charge in [-0.05, 0) is 36.6 Å². The minimum atomic E-state index is -0.354. The van der Waals surface area contributed by atoms with Crippen molar-refractivity contribution in [2.24, 2.45) is 0 Å². The number of amides is 1. The van der Waals surface area contributed by atoms with E-state index in [2.05, 4.69) is 4.98 Å². The maximum atomic E-state index is 12.5. The Bertz CT molecular complexity index is 969. The molecular formula is C21H20N2O3S2. The van der Waals surface area contributed by atoms with E-state index >= 15 is 0 Å². The summed E-state index contributed by atoms with van der Waals surface area (Å²) in [6, 6.07) is 15.9. The van der Waals surface area contributed by atoms with Gasteiger partial charge in [-0.25, -0.2) is 4.98 Å².